The zero-order valence-electron chi connectivity index (χ0n) is 20.4. The van der Waals surface area contributed by atoms with Crippen LogP contribution in [0.1, 0.15) is 49.3 Å². The number of nitrogens with zero attached hydrogens (tertiary/aromatic N) is 5. The van der Waals surface area contributed by atoms with Crippen molar-refractivity contribution in [1.29, 1.82) is 0 Å². The number of carbonyl (C=O) groups excluding carboxylic acids is 1. The molecule has 10 nitrogen and oxygen atoms in total. The van der Waals surface area contributed by atoms with Gasteiger partial charge in [-0.2, -0.15) is 4.57 Å². The summed E-state index contributed by atoms with van der Waals surface area (Å²) in [6.07, 6.45) is 0.221. The van der Waals surface area contributed by atoms with Gasteiger partial charge < -0.3 is 9.16 Å². The van der Waals surface area contributed by atoms with Crippen molar-refractivity contribution < 1.29 is 14.0 Å². The van der Waals surface area contributed by atoms with Crippen molar-refractivity contribution in [2.45, 2.75) is 70.6 Å². The molecule has 0 N–H and O–H groups in total. The summed E-state index contributed by atoms with van der Waals surface area (Å²) in [5, 5.41) is 3.85. The third-order valence-corrected chi connectivity index (χ3v) is 11.1. The smallest absolute Gasteiger partial charge is 0.340 e. The van der Waals surface area contributed by atoms with Gasteiger partial charge in [-0.25, -0.2) is 4.79 Å². The molecule has 0 unspecified atom stereocenters. The first kappa shape index (κ1) is 25.6. The van der Waals surface area contributed by atoms with Gasteiger partial charge in [0.25, 0.3) is 11.5 Å². The fourth-order valence-electron chi connectivity index (χ4n) is 3.52. The monoisotopic (exact) mass is 485 g/mol. The Labute approximate surface area is 198 Å². The maximum atomic E-state index is 13.3. The minimum absolute atomic E-state index is 0.0135. The highest BCUT2D eigenvalue weighted by Crippen LogP contribution is 2.38. The molecule has 182 valence electrons. The van der Waals surface area contributed by atoms with Crippen molar-refractivity contribution in [2.24, 2.45) is 5.11 Å². The predicted octanol–water partition coefficient (Wildman–Crippen LogP) is 4.00. The van der Waals surface area contributed by atoms with Gasteiger partial charge in [-0.15, -0.1) is 0 Å². The molecular formula is C23H31N5O5Si. The topological polar surface area (TPSA) is 128 Å². The van der Waals surface area contributed by atoms with Gasteiger partial charge in [-0.05, 0) is 42.7 Å². The van der Waals surface area contributed by atoms with E-state index >= 15 is 0 Å². The molecule has 0 amide bonds. The third-order valence-electron chi connectivity index (χ3n) is 6.64. The lowest BCUT2D eigenvalue weighted by Crippen LogP contribution is -2.45. The molecule has 1 aromatic carbocycles. The van der Waals surface area contributed by atoms with Gasteiger partial charge in [0.1, 0.15) is 6.23 Å². The summed E-state index contributed by atoms with van der Waals surface area (Å²) in [7, 11) is -2.09. The Balaban J connectivity index is 1.95. The molecule has 0 radical (unpaired) electrons. The molecule has 3 rings (SSSR count). The van der Waals surface area contributed by atoms with Gasteiger partial charge in [-0.1, -0.05) is 44.1 Å². The average Bonchev–Trinajstić information content (AvgIpc) is 3.17. The molecule has 2 aromatic rings. The molecule has 1 aliphatic heterocycles. The Morgan fingerprint density at radius 1 is 1.26 bits per heavy atom. The zero-order valence-corrected chi connectivity index (χ0v) is 21.4. The largest absolute Gasteiger partial charge is 0.414 e. The number of hydrogen-bond acceptors (Lipinski definition) is 6. The van der Waals surface area contributed by atoms with Crippen LogP contribution in [-0.2, 0) is 9.16 Å². The molecule has 1 aliphatic rings. The highest BCUT2D eigenvalue weighted by atomic mass is 28.4. The summed E-state index contributed by atoms with van der Waals surface area (Å²) in [6, 6.07) is 7.58. The molecule has 0 spiro atoms. The highest BCUT2D eigenvalue weighted by molar-refractivity contribution is 6.74. The number of benzene rings is 1. The first-order chi connectivity index (χ1) is 15.9. The van der Waals surface area contributed by atoms with Crippen molar-refractivity contribution >= 4 is 14.2 Å². The van der Waals surface area contributed by atoms with Gasteiger partial charge in [0, 0.05) is 28.7 Å². The lowest BCUT2D eigenvalue weighted by molar-refractivity contribution is -0.0251. The number of aromatic nitrogens is 2. The number of carbonyl (C=O) groups is 1. The molecule has 1 saturated heterocycles. The van der Waals surface area contributed by atoms with Crippen molar-refractivity contribution in [1.82, 2.24) is 9.13 Å². The molecule has 11 heteroatoms. The van der Waals surface area contributed by atoms with E-state index in [4.69, 9.17) is 14.7 Å². The summed E-state index contributed by atoms with van der Waals surface area (Å²) in [5.41, 5.74) is 8.00. The van der Waals surface area contributed by atoms with E-state index in [1.165, 1.54) is 17.7 Å². The molecule has 3 atom stereocenters. The highest BCUT2D eigenvalue weighted by Gasteiger charge is 2.41. The lowest BCUT2D eigenvalue weighted by Gasteiger charge is -2.37. The fourth-order valence-corrected chi connectivity index (χ4v) is 4.54. The van der Waals surface area contributed by atoms with E-state index in [-0.39, 0.29) is 29.2 Å². The first-order valence-corrected chi connectivity index (χ1v) is 14.1. The predicted molar refractivity (Wildman–Crippen MR) is 130 cm³/mol. The summed E-state index contributed by atoms with van der Waals surface area (Å²) >= 11 is 0. The Morgan fingerprint density at radius 2 is 1.91 bits per heavy atom. The van der Waals surface area contributed by atoms with Crippen LogP contribution in [0.25, 0.3) is 10.4 Å². The normalized spacial score (nSPS) is 20.7. The minimum Gasteiger partial charge on any atom is -0.414 e. The molecule has 0 aliphatic carbocycles. The maximum absolute atomic E-state index is 13.3. The van der Waals surface area contributed by atoms with Crippen LogP contribution in [-0.4, -0.2) is 42.1 Å². The Hall–Kier alpha value is -2.98. The van der Waals surface area contributed by atoms with Crippen molar-refractivity contribution in [3.8, 4) is 0 Å². The van der Waals surface area contributed by atoms with Gasteiger partial charge >= 0.3 is 5.69 Å². The SMILES string of the molecule is Cc1cn([C@H]2C[C@H](N=[N+]=[N-])[C@@H](CO[Si](C)(C)C(C)(C)C)O2)c(=O)n(C(=O)c2ccccc2)c1=O. The summed E-state index contributed by atoms with van der Waals surface area (Å²) in [4.78, 5) is 41.9. The van der Waals surface area contributed by atoms with Gasteiger partial charge in [0.2, 0.25) is 0 Å². The minimum atomic E-state index is -2.09. The Kier molecular flexibility index (Phi) is 7.32. The Morgan fingerprint density at radius 3 is 2.50 bits per heavy atom. The molecule has 1 aromatic heterocycles. The number of hydrogen-bond donors (Lipinski definition) is 0. The second-order valence-electron chi connectivity index (χ2n) is 10.0. The van der Waals surface area contributed by atoms with E-state index in [1.807, 2.05) is 0 Å². The van der Waals surface area contributed by atoms with Crippen molar-refractivity contribution in [2.75, 3.05) is 6.61 Å². The molecule has 2 heterocycles. The van der Waals surface area contributed by atoms with E-state index < -0.39 is 43.8 Å². The van der Waals surface area contributed by atoms with Crippen LogP contribution in [0, 0.1) is 6.92 Å². The van der Waals surface area contributed by atoms with Crippen molar-refractivity contribution in [3.05, 3.63) is 78.9 Å². The molecular weight excluding hydrogens is 454 g/mol. The van der Waals surface area contributed by atoms with E-state index in [0.29, 0.717) is 4.57 Å². The lowest BCUT2D eigenvalue weighted by atomic mass is 10.1. The van der Waals surface area contributed by atoms with Crippen LogP contribution in [0.3, 0.4) is 0 Å². The van der Waals surface area contributed by atoms with E-state index in [9.17, 15) is 14.4 Å². The van der Waals surface area contributed by atoms with Crippen LogP contribution in [0.4, 0.5) is 0 Å². The molecule has 34 heavy (non-hydrogen) atoms. The quantitative estimate of drug-likeness (QED) is 0.264. The van der Waals surface area contributed by atoms with Crippen LogP contribution < -0.4 is 11.2 Å². The fraction of sp³-hybridized carbons (Fsp3) is 0.522. The average molecular weight is 486 g/mol. The maximum Gasteiger partial charge on any atom is 0.340 e. The zero-order chi connectivity index (χ0) is 25.3. The second-order valence-corrected chi connectivity index (χ2v) is 14.8. The van der Waals surface area contributed by atoms with E-state index in [1.54, 1.807) is 30.3 Å². The van der Waals surface area contributed by atoms with Crippen LogP contribution in [0.2, 0.25) is 18.1 Å². The standard InChI is InChI=1S/C23H31N5O5Si/c1-15-13-27(22(31)28(20(15)29)21(30)16-10-8-7-9-11-16)19-12-17(25-26-24)18(33-19)14-32-34(5,6)23(2,3)4/h7-11,13,17-19H,12,14H2,1-6H3/t17-,18+,19+/m0/s1. The van der Waals surface area contributed by atoms with Crippen LogP contribution in [0.5, 0.6) is 0 Å². The van der Waals surface area contributed by atoms with E-state index in [0.717, 1.165) is 0 Å². The number of aryl methyl sites for hydroxylation is 1. The van der Waals surface area contributed by atoms with Gasteiger partial charge in [0.05, 0.1) is 18.8 Å². The molecule has 0 saturated carbocycles. The number of azide groups is 1. The van der Waals surface area contributed by atoms with E-state index in [2.05, 4.69) is 43.9 Å². The third kappa shape index (κ3) is 5.07. The summed E-state index contributed by atoms with van der Waals surface area (Å²) in [6.45, 7) is 12.3. The molecule has 1 fully saturated rings. The van der Waals surface area contributed by atoms with Crippen LogP contribution >= 0.6 is 0 Å². The number of rotatable bonds is 6. The summed E-state index contributed by atoms with van der Waals surface area (Å²) < 4.78 is 14.2. The number of ether oxygens (including phenoxy) is 1. The molecule has 0 bridgehead atoms. The first-order valence-electron chi connectivity index (χ1n) is 11.2. The van der Waals surface area contributed by atoms with Gasteiger partial charge in [-0.3, -0.25) is 14.2 Å². The Bertz CT molecular complexity index is 1230. The summed E-state index contributed by atoms with van der Waals surface area (Å²) in [5.74, 6) is -0.713. The van der Waals surface area contributed by atoms with Crippen molar-refractivity contribution in [3.63, 3.8) is 0 Å². The second kappa shape index (κ2) is 9.71. The van der Waals surface area contributed by atoms with Crippen LogP contribution in [0.15, 0.2) is 51.2 Å². The van der Waals surface area contributed by atoms with Gasteiger partial charge in [0.15, 0.2) is 8.32 Å².